The molecule has 0 radical (unpaired) electrons. The number of hydroxylamine groups is 4. The molecule has 16 heavy (non-hydrogen) atoms. The molecule has 2 aliphatic heterocycles. The fraction of sp³-hybridized carbons (Fsp3) is 0.500. The normalized spacial score (nSPS) is 22.5. The fourth-order valence-corrected chi connectivity index (χ4v) is 1.89. The van der Waals surface area contributed by atoms with Gasteiger partial charge in [-0.2, -0.15) is 10.1 Å². The molecule has 0 unspecified atom stereocenters. The maximum atomic E-state index is 9.81. The van der Waals surface area contributed by atoms with E-state index in [-0.39, 0.29) is 23.3 Å². The lowest BCUT2D eigenvalue weighted by molar-refractivity contribution is -0.0965. The van der Waals surface area contributed by atoms with Crippen molar-refractivity contribution in [2.75, 3.05) is 13.1 Å². The molecule has 0 aromatic rings. The van der Waals surface area contributed by atoms with Crippen LogP contribution in [0.25, 0.3) is 0 Å². The number of nitrogens with zero attached hydrogens (tertiary/aromatic N) is 3. The lowest BCUT2D eigenvalue weighted by atomic mass is 10.4. The van der Waals surface area contributed by atoms with E-state index in [2.05, 4.69) is 0 Å². The van der Waals surface area contributed by atoms with Gasteiger partial charge in [0.25, 0.3) is 0 Å². The molecular weight excluding hydrogens is 212 g/mol. The van der Waals surface area contributed by atoms with E-state index in [1.165, 1.54) is 0 Å². The third-order valence-corrected chi connectivity index (χ3v) is 2.78. The molecule has 2 aliphatic rings. The minimum Gasteiger partial charge on any atom is -0.380 e. The second-order valence-electron chi connectivity index (χ2n) is 3.80. The third kappa shape index (κ3) is 1.39. The molecule has 8 N–H and O–H groups in total. The van der Waals surface area contributed by atoms with Gasteiger partial charge >= 0.3 is 0 Å². The molecule has 8 nitrogen and oxygen atoms in total. The predicted molar refractivity (Wildman–Crippen MR) is 54.7 cm³/mol. The van der Waals surface area contributed by atoms with Gasteiger partial charge in [-0.3, -0.25) is 10.4 Å². The molecule has 8 heteroatoms. The van der Waals surface area contributed by atoms with Gasteiger partial charge in [0.05, 0.1) is 0 Å². The third-order valence-electron chi connectivity index (χ3n) is 2.78. The van der Waals surface area contributed by atoms with Crippen LogP contribution in [0.3, 0.4) is 0 Å². The molecule has 0 aromatic heterocycles. The van der Waals surface area contributed by atoms with Crippen molar-refractivity contribution in [3.8, 4) is 0 Å². The van der Waals surface area contributed by atoms with Crippen LogP contribution < -0.4 is 17.2 Å². The zero-order valence-electron chi connectivity index (χ0n) is 8.80. The van der Waals surface area contributed by atoms with Crippen molar-refractivity contribution in [3.63, 3.8) is 0 Å². The highest BCUT2D eigenvalue weighted by Gasteiger charge is 2.32. The summed E-state index contributed by atoms with van der Waals surface area (Å²) in [6.07, 6.45) is 2.02. The average Bonchev–Trinajstić information content (AvgIpc) is 2.77. The first-order valence-corrected chi connectivity index (χ1v) is 5.02. The van der Waals surface area contributed by atoms with Gasteiger partial charge in [-0.25, -0.2) is 0 Å². The second kappa shape index (κ2) is 3.65. The van der Waals surface area contributed by atoms with Gasteiger partial charge in [0, 0.05) is 13.1 Å². The van der Waals surface area contributed by atoms with Crippen LogP contribution in [-0.2, 0) is 0 Å². The Morgan fingerprint density at radius 2 is 1.31 bits per heavy atom. The zero-order valence-corrected chi connectivity index (χ0v) is 8.80. The van der Waals surface area contributed by atoms with Crippen LogP contribution in [0.1, 0.15) is 12.8 Å². The first-order valence-electron chi connectivity index (χ1n) is 5.02. The maximum absolute atomic E-state index is 9.81. The highest BCUT2D eigenvalue weighted by atomic mass is 16.5. The summed E-state index contributed by atoms with van der Waals surface area (Å²) in [5, 5.41) is 20.7. The van der Waals surface area contributed by atoms with Crippen LogP contribution in [0.2, 0.25) is 0 Å². The minimum absolute atomic E-state index is 0.0314. The van der Waals surface area contributed by atoms with Crippen LogP contribution >= 0.6 is 0 Å². The minimum atomic E-state index is -0.192. The lowest BCUT2D eigenvalue weighted by Crippen LogP contribution is -2.47. The van der Waals surface area contributed by atoms with Crippen molar-refractivity contribution in [3.05, 3.63) is 23.3 Å². The van der Waals surface area contributed by atoms with Crippen LogP contribution in [0.4, 0.5) is 0 Å². The molecule has 0 spiro atoms. The summed E-state index contributed by atoms with van der Waals surface area (Å²) in [6.45, 7) is 1.52. The van der Waals surface area contributed by atoms with E-state index in [0.29, 0.717) is 10.1 Å². The van der Waals surface area contributed by atoms with Crippen LogP contribution in [0.15, 0.2) is 23.3 Å². The molecule has 1 saturated heterocycles. The van der Waals surface area contributed by atoms with E-state index >= 15 is 0 Å². The number of likely N-dealkylation sites (tertiary alicyclic amines) is 1. The van der Waals surface area contributed by atoms with Crippen molar-refractivity contribution in [2.24, 2.45) is 17.2 Å². The number of hydrogen-bond acceptors (Lipinski definition) is 8. The van der Waals surface area contributed by atoms with E-state index in [9.17, 15) is 10.4 Å². The molecule has 90 valence electrons. The first-order chi connectivity index (χ1) is 7.54. The Kier molecular flexibility index (Phi) is 2.44. The van der Waals surface area contributed by atoms with Crippen LogP contribution in [-0.4, -0.2) is 38.5 Å². The van der Waals surface area contributed by atoms with Gasteiger partial charge in [-0.15, -0.1) is 0 Å². The maximum Gasteiger partial charge on any atom is 0.179 e. The van der Waals surface area contributed by atoms with Crippen molar-refractivity contribution in [1.82, 2.24) is 15.0 Å². The number of rotatable bonds is 1. The van der Waals surface area contributed by atoms with Gasteiger partial charge in [0.2, 0.25) is 0 Å². The molecule has 2 heterocycles. The second-order valence-corrected chi connectivity index (χ2v) is 3.80. The predicted octanol–water partition coefficient (Wildman–Crippen LogP) is -1.39. The molecule has 0 bridgehead atoms. The summed E-state index contributed by atoms with van der Waals surface area (Å²) in [5.74, 6) is -0.0932. The largest absolute Gasteiger partial charge is 0.380 e. The standard InChI is InChI=1S/C8H16N6O2/c9-5-6(10)14(16)8(7(11)13(5)15)12-3-1-2-4-12/h15-16H,1-4,9-11H2. The number of hydrogen-bond donors (Lipinski definition) is 5. The van der Waals surface area contributed by atoms with E-state index < -0.39 is 0 Å². The van der Waals surface area contributed by atoms with Gasteiger partial charge in [0.1, 0.15) is 0 Å². The average molecular weight is 228 g/mol. The molecule has 2 rings (SSSR count). The first kappa shape index (κ1) is 10.7. The summed E-state index contributed by atoms with van der Waals surface area (Å²) in [7, 11) is 0. The summed E-state index contributed by atoms with van der Waals surface area (Å²) in [5.41, 5.74) is 16.7. The highest BCUT2D eigenvalue weighted by molar-refractivity contribution is 5.23. The van der Waals surface area contributed by atoms with Gasteiger partial charge < -0.3 is 22.1 Å². The van der Waals surface area contributed by atoms with E-state index in [4.69, 9.17) is 17.2 Å². The summed E-state index contributed by atoms with van der Waals surface area (Å²) in [4.78, 5) is 1.85. The van der Waals surface area contributed by atoms with E-state index in [0.717, 1.165) is 25.9 Å². The van der Waals surface area contributed by atoms with Crippen molar-refractivity contribution >= 4 is 0 Å². The zero-order chi connectivity index (χ0) is 11.9. The fourth-order valence-electron chi connectivity index (χ4n) is 1.89. The van der Waals surface area contributed by atoms with E-state index in [1.807, 2.05) is 4.90 Å². The number of nitrogens with two attached hydrogens (primary N) is 3. The molecular formula is C8H16N6O2. The summed E-state index contributed by atoms with van der Waals surface area (Å²) < 4.78 is 0. The molecule has 0 saturated carbocycles. The van der Waals surface area contributed by atoms with Crippen LogP contribution in [0.5, 0.6) is 0 Å². The quantitative estimate of drug-likeness (QED) is 0.371. The Hall–Kier alpha value is -1.80. The van der Waals surface area contributed by atoms with Crippen LogP contribution in [0, 0.1) is 0 Å². The summed E-state index contributed by atoms with van der Waals surface area (Å²) in [6, 6.07) is 0. The Labute approximate surface area is 92.7 Å². The lowest BCUT2D eigenvalue weighted by Gasteiger charge is -2.36. The van der Waals surface area contributed by atoms with Crippen molar-refractivity contribution in [1.29, 1.82) is 0 Å². The molecule has 0 aromatic carbocycles. The highest BCUT2D eigenvalue weighted by Crippen LogP contribution is 2.26. The Morgan fingerprint density at radius 3 is 1.88 bits per heavy atom. The Bertz CT molecular complexity index is 360. The van der Waals surface area contributed by atoms with Crippen molar-refractivity contribution in [2.45, 2.75) is 12.8 Å². The molecule has 1 fully saturated rings. The Morgan fingerprint density at radius 1 is 0.812 bits per heavy atom. The topological polar surface area (TPSA) is 128 Å². The van der Waals surface area contributed by atoms with Gasteiger partial charge in [0.15, 0.2) is 23.3 Å². The molecule has 0 aliphatic carbocycles. The Balaban J connectivity index is 2.35. The molecule has 0 amide bonds. The van der Waals surface area contributed by atoms with Gasteiger partial charge in [-0.1, -0.05) is 0 Å². The van der Waals surface area contributed by atoms with E-state index in [1.54, 1.807) is 0 Å². The summed E-state index contributed by atoms with van der Waals surface area (Å²) >= 11 is 0. The van der Waals surface area contributed by atoms with Crippen molar-refractivity contribution < 1.29 is 10.4 Å². The van der Waals surface area contributed by atoms with Gasteiger partial charge in [-0.05, 0) is 12.8 Å². The smallest absolute Gasteiger partial charge is 0.179 e. The molecule has 0 atom stereocenters. The monoisotopic (exact) mass is 228 g/mol. The SMILES string of the molecule is NC1=C(N)N(O)C(N2CCCC2)=C(N)N1O.